The van der Waals surface area contributed by atoms with Crippen LogP contribution in [-0.4, -0.2) is 12.3 Å². The number of rotatable bonds is 8. The monoisotopic (exact) mass is 498 g/mol. The van der Waals surface area contributed by atoms with E-state index in [2.05, 4.69) is 110 Å². The number of nitrogens with zero attached hydrogens (tertiary/aromatic N) is 1. The Morgan fingerprint density at radius 2 is 1.37 bits per heavy atom. The first-order chi connectivity index (χ1) is 18.7. The first kappa shape index (κ1) is 25.9. The van der Waals surface area contributed by atoms with Crippen LogP contribution in [0, 0.1) is 11.8 Å². The van der Waals surface area contributed by atoms with Gasteiger partial charge in [0.15, 0.2) is 0 Å². The first-order valence-electron chi connectivity index (χ1n) is 13.9. The molecular formula is C36H38N2. The molecule has 5 rings (SSSR count). The fraction of sp³-hybridized carbons (Fsp3) is 0.250. The van der Waals surface area contributed by atoms with E-state index in [4.69, 9.17) is 17.3 Å². The predicted molar refractivity (Wildman–Crippen MR) is 164 cm³/mol. The number of nitrogens with two attached hydrogens (primary N) is 1. The Bertz CT molecular complexity index is 1430. The highest BCUT2D eigenvalue weighted by atomic mass is 14.8. The molecule has 0 bridgehead atoms. The van der Waals surface area contributed by atoms with Crippen molar-refractivity contribution in [2.24, 2.45) is 22.6 Å². The molecule has 0 amide bonds. The second-order valence-corrected chi connectivity index (χ2v) is 10.5. The molecule has 2 heteroatoms. The van der Waals surface area contributed by atoms with Gasteiger partial charge in [0.2, 0.25) is 0 Å². The molecule has 1 saturated carbocycles. The lowest BCUT2D eigenvalue weighted by Gasteiger charge is -2.31. The zero-order chi connectivity index (χ0) is 26.3. The minimum Gasteiger partial charge on any atom is -0.330 e. The van der Waals surface area contributed by atoms with Crippen molar-refractivity contribution in [3.8, 4) is 0 Å². The summed E-state index contributed by atoms with van der Waals surface area (Å²) in [5, 5.41) is 2.45. The molecule has 0 aliphatic heterocycles. The Morgan fingerprint density at radius 1 is 0.763 bits per heavy atom. The highest BCUT2D eigenvalue weighted by Gasteiger charge is 2.27. The van der Waals surface area contributed by atoms with Crippen molar-refractivity contribution in [2.45, 2.75) is 39.0 Å². The molecule has 38 heavy (non-hydrogen) atoms. The van der Waals surface area contributed by atoms with Crippen LogP contribution in [0.1, 0.15) is 55.7 Å². The van der Waals surface area contributed by atoms with E-state index in [0.717, 1.165) is 48.6 Å². The highest BCUT2D eigenvalue weighted by molar-refractivity contribution is 6.11. The van der Waals surface area contributed by atoms with Gasteiger partial charge in [0.05, 0.1) is 5.70 Å². The number of hydrogen-bond acceptors (Lipinski definition) is 2. The fourth-order valence-corrected chi connectivity index (χ4v) is 5.94. The van der Waals surface area contributed by atoms with E-state index >= 15 is 0 Å². The maximum atomic E-state index is 5.92. The van der Waals surface area contributed by atoms with E-state index in [9.17, 15) is 0 Å². The van der Waals surface area contributed by atoms with Crippen molar-refractivity contribution in [1.29, 1.82) is 0 Å². The molecule has 192 valence electrons. The molecule has 2 nitrogen and oxygen atoms in total. The third-order valence-corrected chi connectivity index (χ3v) is 8.02. The van der Waals surface area contributed by atoms with Crippen molar-refractivity contribution >= 4 is 27.6 Å². The number of hydrogen-bond donors (Lipinski definition) is 1. The molecule has 0 atom stereocenters. The van der Waals surface area contributed by atoms with Crippen molar-refractivity contribution < 1.29 is 0 Å². The summed E-state index contributed by atoms with van der Waals surface area (Å²) in [5.41, 5.74) is 13.8. The van der Waals surface area contributed by atoms with Crippen LogP contribution in [0.15, 0.2) is 120 Å². The Balaban J connectivity index is 1.70. The van der Waals surface area contributed by atoms with E-state index in [1.807, 2.05) is 0 Å². The van der Waals surface area contributed by atoms with E-state index in [1.165, 1.54) is 46.0 Å². The minimum atomic E-state index is 0.379. The molecule has 0 heterocycles. The second kappa shape index (κ2) is 12.2. The number of benzene rings is 4. The predicted octanol–water partition coefficient (Wildman–Crippen LogP) is 8.93. The van der Waals surface area contributed by atoms with Crippen LogP contribution in [0.25, 0.3) is 21.9 Å². The Kier molecular flexibility index (Phi) is 8.31. The van der Waals surface area contributed by atoms with E-state index < -0.39 is 0 Å². The molecule has 0 unspecified atom stereocenters. The van der Waals surface area contributed by atoms with Crippen LogP contribution in [0.5, 0.6) is 0 Å². The van der Waals surface area contributed by atoms with Gasteiger partial charge in [0.25, 0.3) is 0 Å². The number of allylic oxidation sites excluding steroid dienone is 3. The van der Waals surface area contributed by atoms with Gasteiger partial charge in [-0.15, -0.1) is 0 Å². The summed E-state index contributed by atoms with van der Waals surface area (Å²) in [5.74, 6) is 1.10. The zero-order valence-electron chi connectivity index (χ0n) is 22.4. The molecule has 1 fully saturated rings. The van der Waals surface area contributed by atoms with Crippen LogP contribution in [0.4, 0.5) is 0 Å². The summed E-state index contributed by atoms with van der Waals surface area (Å²) in [4.78, 5) is 5.46. The van der Waals surface area contributed by atoms with Gasteiger partial charge in [0, 0.05) is 17.2 Å². The van der Waals surface area contributed by atoms with E-state index in [-0.39, 0.29) is 0 Å². The molecule has 0 saturated heterocycles. The first-order valence-corrected chi connectivity index (χ1v) is 13.9. The molecule has 1 aliphatic rings. The Morgan fingerprint density at radius 3 is 2.05 bits per heavy atom. The van der Waals surface area contributed by atoms with E-state index in [0.29, 0.717) is 5.92 Å². The maximum absolute atomic E-state index is 5.92. The Hall–Kier alpha value is -3.75. The van der Waals surface area contributed by atoms with Gasteiger partial charge in [-0.25, -0.2) is 0 Å². The topological polar surface area (TPSA) is 38.4 Å². The van der Waals surface area contributed by atoms with Crippen molar-refractivity contribution in [3.63, 3.8) is 0 Å². The summed E-state index contributed by atoms with van der Waals surface area (Å²) in [7, 11) is 0. The van der Waals surface area contributed by atoms with Gasteiger partial charge in [-0.1, -0.05) is 110 Å². The van der Waals surface area contributed by atoms with Crippen LogP contribution < -0.4 is 5.73 Å². The molecule has 4 aromatic rings. The minimum absolute atomic E-state index is 0.379. The molecular weight excluding hydrogens is 460 g/mol. The van der Waals surface area contributed by atoms with Gasteiger partial charge in [-0.3, -0.25) is 4.99 Å². The van der Waals surface area contributed by atoms with Crippen molar-refractivity contribution in [1.82, 2.24) is 0 Å². The van der Waals surface area contributed by atoms with Crippen LogP contribution in [0.2, 0.25) is 0 Å². The van der Waals surface area contributed by atoms with E-state index in [1.54, 1.807) is 0 Å². The lowest BCUT2D eigenvalue weighted by Crippen LogP contribution is -2.19. The van der Waals surface area contributed by atoms with Gasteiger partial charge < -0.3 is 5.73 Å². The van der Waals surface area contributed by atoms with Crippen LogP contribution in [-0.2, 0) is 0 Å². The molecule has 2 N–H and O–H groups in total. The van der Waals surface area contributed by atoms with Crippen molar-refractivity contribution in [3.05, 3.63) is 132 Å². The standard InChI is InChI=1S/C36H38N2/c1-26(33-19-11-17-30-14-9-10-18-34(30)33)35(31-15-7-4-8-16-31)36(32-22-20-28(21-23-32)24-25-37)38-27(2)29-12-5-3-6-13-29/h3-19,28,32H,1,20-25,37H2,2H3/b36-35+,38-27?. The number of fused-ring (bicyclic) bond motifs is 1. The van der Waals surface area contributed by atoms with Gasteiger partial charge in [-0.2, -0.15) is 0 Å². The number of aliphatic imine (C=N–C) groups is 1. The van der Waals surface area contributed by atoms with Gasteiger partial charge >= 0.3 is 0 Å². The normalized spacial score (nSPS) is 18.7. The lowest BCUT2D eigenvalue weighted by molar-refractivity contribution is 0.290. The molecule has 0 radical (unpaired) electrons. The van der Waals surface area contributed by atoms with Crippen LogP contribution in [0.3, 0.4) is 0 Å². The van der Waals surface area contributed by atoms with Crippen molar-refractivity contribution in [2.75, 3.05) is 6.54 Å². The van der Waals surface area contributed by atoms with Gasteiger partial charge in [0.1, 0.15) is 0 Å². The summed E-state index contributed by atoms with van der Waals surface area (Å²) in [6.45, 7) is 7.66. The zero-order valence-corrected chi connectivity index (χ0v) is 22.4. The molecule has 1 aliphatic carbocycles. The third-order valence-electron chi connectivity index (χ3n) is 8.02. The smallest absolute Gasteiger partial charge is 0.0522 e. The summed E-state index contributed by atoms with van der Waals surface area (Å²) in [6.07, 6.45) is 5.78. The highest BCUT2D eigenvalue weighted by Crippen LogP contribution is 2.43. The molecule has 0 spiro atoms. The largest absolute Gasteiger partial charge is 0.330 e. The Labute approximate surface area is 227 Å². The average Bonchev–Trinajstić information content (AvgIpc) is 2.98. The summed E-state index contributed by atoms with van der Waals surface area (Å²) in [6, 6.07) is 36.4. The maximum Gasteiger partial charge on any atom is 0.0522 e. The average molecular weight is 499 g/mol. The molecule has 0 aromatic heterocycles. The molecule has 4 aromatic carbocycles. The third kappa shape index (κ3) is 5.71. The van der Waals surface area contributed by atoms with Crippen LogP contribution >= 0.6 is 0 Å². The quantitative estimate of drug-likeness (QED) is 0.191. The summed E-state index contributed by atoms with van der Waals surface area (Å²) >= 11 is 0. The second-order valence-electron chi connectivity index (χ2n) is 10.5. The summed E-state index contributed by atoms with van der Waals surface area (Å²) < 4.78 is 0. The fourth-order valence-electron chi connectivity index (χ4n) is 5.94. The SMILES string of the molecule is C=C(/C(=C(\N=C(C)c1ccccc1)C1CCC(CCN)CC1)c1ccccc1)c1cccc2ccccc12. The lowest BCUT2D eigenvalue weighted by atomic mass is 9.76. The van der Waals surface area contributed by atoms with Gasteiger partial charge in [-0.05, 0) is 84.5 Å².